The van der Waals surface area contributed by atoms with Crippen LogP contribution in [-0.2, 0) is 19.4 Å². The van der Waals surface area contributed by atoms with E-state index in [0.717, 1.165) is 49.9 Å². The van der Waals surface area contributed by atoms with Crippen LogP contribution in [0.2, 0.25) is 0 Å². The van der Waals surface area contributed by atoms with Crippen LogP contribution < -0.4 is 10.1 Å². The molecule has 110 valence electrons. The minimum atomic E-state index is -0.287. The molecule has 1 aliphatic heterocycles. The van der Waals surface area contributed by atoms with Gasteiger partial charge >= 0.3 is 0 Å². The van der Waals surface area contributed by atoms with Crippen LogP contribution in [0.5, 0.6) is 5.88 Å². The number of aryl methyl sites for hydroxylation is 2. The van der Waals surface area contributed by atoms with Gasteiger partial charge in [-0.3, -0.25) is 10.1 Å². The molecule has 7 nitrogen and oxygen atoms in total. The van der Waals surface area contributed by atoms with E-state index in [-0.39, 0.29) is 5.91 Å². The van der Waals surface area contributed by atoms with Gasteiger partial charge in [0.15, 0.2) is 5.69 Å². The van der Waals surface area contributed by atoms with Crippen LogP contribution in [0.4, 0.5) is 5.88 Å². The highest BCUT2D eigenvalue weighted by molar-refractivity contribution is 6.02. The fourth-order valence-electron chi connectivity index (χ4n) is 2.83. The maximum absolute atomic E-state index is 12.3. The van der Waals surface area contributed by atoms with Gasteiger partial charge in [-0.1, -0.05) is 5.16 Å². The summed E-state index contributed by atoms with van der Waals surface area (Å²) in [7, 11) is 0. The molecule has 0 bridgehead atoms. The zero-order valence-electron chi connectivity index (χ0n) is 11.6. The van der Waals surface area contributed by atoms with Gasteiger partial charge in [0, 0.05) is 24.6 Å². The molecular formula is C14H16N4O3. The third kappa shape index (κ3) is 2.18. The van der Waals surface area contributed by atoms with Gasteiger partial charge in [0.2, 0.25) is 11.8 Å². The van der Waals surface area contributed by atoms with Gasteiger partial charge in [0.05, 0.1) is 12.3 Å². The monoisotopic (exact) mass is 288 g/mol. The smallest absolute Gasteiger partial charge is 0.278 e. The number of nitrogens with one attached hydrogen (secondary N) is 1. The molecule has 7 heteroatoms. The summed E-state index contributed by atoms with van der Waals surface area (Å²) in [5, 5.41) is 11.1. The van der Waals surface area contributed by atoms with Crippen molar-refractivity contribution in [3.8, 4) is 5.88 Å². The third-order valence-electron chi connectivity index (χ3n) is 3.93. The second-order valence-electron chi connectivity index (χ2n) is 5.39. The molecule has 0 unspecified atom stereocenters. The Labute approximate surface area is 121 Å². The first-order valence-corrected chi connectivity index (χ1v) is 7.31. The molecular weight excluding hydrogens is 272 g/mol. The number of carbonyl (C=O) groups excluding carboxylic acids is 1. The predicted octanol–water partition coefficient (Wildman–Crippen LogP) is 1.78. The summed E-state index contributed by atoms with van der Waals surface area (Å²) < 4.78 is 12.4. The Hall–Kier alpha value is -2.31. The average molecular weight is 288 g/mol. The highest BCUT2D eigenvalue weighted by Crippen LogP contribution is 2.28. The van der Waals surface area contributed by atoms with E-state index >= 15 is 0 Å². The number of amides is 1. The van der Waals surface area contributed by atoms with Crippen molar-refractivity contribution in [3.63, 3.8) is 0 Å². The molecule has 0 saturated carbocycles. The van der Waals surface area contributed by atoms with Crippen molar-refractivity contribution in [3.05, 3.63) is 23.0 Å². The lowest BCUT2D eigenvalue weighted by atomic mass is 9.98. The number of carbonyl (C=O) groups is 1. The lowest BCUT2D eigenvalue weighted by Crippen LogP contribution is -2.16. The summed E-state index contributed by atoms with van der Waals surface area (Å²) >= 11 is 0. The number of nitrogens with zero attached hydrogens (tertiary/aromatic N) is 3. The Morgan fingerprint density at radius 3 is 3.10 bits per heavy atom. The summed E-state index contributed by atoms with van der Waals surface area (Å²) in [5.41, 5.74) is 2.33. The van der Waals surface area contributed by atoms with Gasteiger partial charge in [-0.2, -0.15) is 5.10 Å². The minimum absolute atomic E-state index is 0.287. The molecule has 4 rings (SSSR count). The van der Waals surface area contributed by atoms with E-state index in [9.17, 15) is 4.79 Å². The van der Waals surface area contributed by atoms with E-state index in [1.165, 1.54) is 0 Å². The Bertz CT molecular complexity index is 665. The van der Waals surface area contributed by atoms with E-state index in [0.29, 0.717) is 24.1 Å². The Balaban J connectivity index is 1.55. The van der Waals surface area contributed by atoms with Crippen LogP contribution in [0.15, 0.2) is 10.6 Å². The predicted molar refractivity (Wildman–Crippen MR) is 73.4 cm³/mol. The van der Waals surface area contributed by atoms with Crippen molar-refractivity contribution in [2.24, 2.45) is 0 Å². The Kier molecular flexibility index (Phi) is 2.90. The largest absolute Gasteiger partial charge is 0.478 e. The van der Waals surface area contributed by atoms with Gasteiger partial charge in [0.1, 0.15) is 0 Å². The molecule has 0 saturated heterocycles. The molecule has 0 aromatic carbocycles. The topological polar surface area (TPSA) is 82.2 Å². The number of fused-ring (bicyclic) bond motifs is 2. The quantitative estimate of drug-likeness (QED) is 0.911. The SMILES string of the molecule is O=C(Nc1onc2c1CCCC2)c1cc2n(n1)CCCO2. The van der Waals surface area contributed by atoms with Crippen LogP contribution >= 0.6 is 0 Å². The second-order valence-corrected chi connectivity index (χ2v) is 5.39. The van der Waals surface area contributed by atoms with Crippen molar-refractivity contribution in [2.75, 3.05) is 11.9 Å². The highest BCUT2D eigenvalue weighted by atomic mass is 16.5. The number of anilines is 1. The van der Waals surface area contributed by atoms with Crippen molar-refractivity contribution < 1.29 is 14.1 Å². The van der Waals surface area contributed by atoms with E-state index in [4.69, 9.17) is 9.26 Å². The summed E-state index contributed by atoms with van der Waals surface area (Å²) in [6, 6.07) is 1.66. The summed E-state index contributed by atoms with van der Waals surface area (Å²) in [4.78, 5) is 12.3. The number of aromatic nitrogens is 3. The number of rotatable bonds is 2. The van der Waals surface area contributed by atoms with Crippen LogP contribution in [0.25, 0.3) is 0 Å². The first-order chi connectivity index (χ1) is 10.3. The van der Waals surface area contributed by atoms with E-state index in [1.807, 2.05) is 0 Å². The average Bonchev–Trinajstić information content (AvgIpc) is 3.11. The van der Waals surface area contributed by atoms with Crippen LogP contribution in [0.3, 0.4) is 0 Å². The first kappa shape index (κ1) is 12.4. The van der Waals surface area contributed by atoms with E-state index < -0.39 is 0 Å². The van der Waals surface area contributed by atoms with Crippen molar-refractivity contribution in [1.82, 2.24) is 14.9 Å². The minimum Gasteiger partial charge on any atom is -0.478 e. The lowest BCUT2D eigenvalue weighted by Gasteiger charge is -2.13. The summed E-state index contributed by atoms with van der Waals surface area (Å²) in [6.45, 7) is 1.45. The molecule has 21 heavy (non-hydrogen) atoms. The van der Waals surface area contributed by atoms with Gasteiger partial charge in [0.25, 0.3) is 5.91 Å². The fourth-order valence-corrected chi connectivity index (χ4v) is 2.83. The molecule has 0 radical (unpaired) electrons. The molecule has 0 atom stereocenters. The molecule has 1 amide bonds. The van der Waals surface area contributed by atoms with Gasteiger partial charge < -0.3 is 9.26 Å². The highest BCUT2D eigenvalue weighted by Gasteiger charge is 2.23. The number of ether oxygens (including phenoxy) is 1. The standard InChI is InChI=1S/C14H16N4O3/c19-13(11-8-12-18(16-11)6-3-7-20-12)15-14-9-4-1-2-5-10(9)17-21-14/h8H,1-7H2,(H,15,19). The molecule has 1 aliphatic carbocycles. The van der Waals surface area contributed by atoms with E-state index in [2.05, 4.69) is 15.6 Å². The molecule has 0 fully saturated rings. The Morgan fingerprint density at radius 1 is 1.29 bits per heavy atom. The van der Waals surface area contributed by atoms with Crippen LogP contribution in [0.1, 0.15) is 41.0 Å². The normalized spacial score (nSPS) is 16.8. The molecule has 1 N–H and O–H groups in total. The second kappa shape index (κ2) is 4.91. The maximum Gasteiger partial charge on any atom is 0.278 e. The molecule has 2 aliphatic rings. The van der Waals surface area contributed by atoms with Crippen molar-refractivity contribution in [2.45, 2.75) is 38.6 Å². The zero-order valence-corrected chi connectivity index (χ0v) is 11.6. The van der Waals surface area contributed by atoms with Gasteiger partial charge in [-0.05, 0) is 25.7 Å². The maximum atomic E-state index is 12.3. The third-order valence-corrected chi connectivity index (χ3v) is 3.93. The Morgan fingerprint density at radius 2 is 2.19 bits per heavy atom. The number of hydrogen-bond acceptors (Lipinski definition) is 5. The molecule has 3 heterocycles. The van der Waals surface area contributed by atoms with Gasteiger partial charge in [-0.15, -0.1) is 0 Å². The van der Waals surface area contributed by atoms with E-state index in [1.54, 1.807) is 10.7 Å². The van der Waals surface area contributed by atoms with Crippen molar-refractivity contribution in [1.29, 1.82) is 0 Å². The number of hydrogen-bond donors (Lipinski definition) is 1. The first-order valence-electron chi connectivity index (χ1n) is 7.31. The van der Waals surface area contributed by atoms with Crippen molar-refractivity contribution >= 4 is 11.8 Å². The molecule has 2 aromatic rings. The zero-order chi connectivity index (χ0) is 14.2. The lowest BCUT2D eigenvalue weighted by molar-refractivity contribution is 0.101. The summed E-state index contributed by atoms with van der Waals surface area (Å²) in [5.74, 6) is 0.817. The van der Waals surface area contributed by atoms with Gasteiger partial charge in [-0.25, -0.2) is 4.68 Å². The molecule has 0 spiro atoms. The van der Waals surface area contributed by atoms with Crippen LogP contribution in [-0.4, -0.2) is 27.5 Å². The molecule has 2 aromatic heterocycles. The fraction of sp³-hybridized carbons (Fsp3) is 0.500. The van der Waals surface area contributed by atoms with Crippen LogP contribution in [0, 0.1) is 0 Å². The summed E-state index contributed by atoms with van der Waals surface area (Å²) in [6.07, 6.45) is 4.95.